The Morgan fingerprint density at radius 1 is 1.06 bits per heavy atom. The molecular weight excluding hydrogens is 234 g/mol. The molecule has 0 aliphatic rings. The van der Waals surface area contributed by atoms with Crippen LogP contribution >= 0.6 is 0 Å². The Labute approximate surface area is 109 Å². The van der Waals surface area contributed by atoms with Crippen LogP contribution in [-0.4, -0.2) is 41.3 Å². The van der Waals surface area contributed by atoms with E-state index in [-0.39, 0.29) is 6.54 Å². The molecule has 0 bridgehead atoms. The second-order valence-electron chi connectivity index (χ2n) is 6.04. The molecule has 0 N–H and O–H groups in total. The lowest BCUT2D eigenvalue weighted by Crippen LogP contribution is -2.50. The van der Waals surface area contributed by atoms with Gasteiger partial charge < -0.3 is 9.47 Å². The maximum atomic E-state index is 12.0. The van der Waals surface area contributed by atoms with Crippen LogP contribution in [0, 0.1) is 0 Å². The van der Waals surface area contributed by atoms with Gasteiger partial charge in [0.2, 0.25) is 0 Å². The number of nitrogens with zero attached hydrogens (tertiary/aromatic N) is 1. The summed E-state index contributed by atoms with van der Waals surface area (Å²) < 4.78 is 10.1. The first-order valence-corrected chi connectivity index (χ1v) is 6.13. The third-order valence-electron chi connectivity index (χ3n) is 2.02. The van der Waals surface area contributed by atoms with Crippen molar-refractivity contribution < 1.29 is 19.1 Å². The molecule has 0 radical (unpaired) electrons. The fraction of sp³-hybridized carbons (Fsp3) is 0.846. The van der Waals surface area contributed by atoms with Gasteiger partial charge in [0.25, 0.3) is 0 Å². The number of hydrogen-bond acceptors (Lipinski definition) is 4. The quantitative estimate of drug-likeness (QED) is 0.731. The Morgan fingerprint density at radius 3 is 1.89 bits per heavy atom. The van der Waals surface area contributed by atoms with E-state index in [2.05, 4.69) is 0 Å². The lowest BCUT2D eigenvalue weighted by molar-refractivity contribution is -0.145. The smallest absolute Gasteiger partial charge is 0.411 e. The third kappa shape index (κ3) is 6.47. The molecule has 106 valence electrons. The molecule has 0 aliphatic heterocycles. The largest absolute Gasteiger partial charge is 0.465 e. The Morgan fingerprint density at radius 2 is 1.56 bits per heavy atom. The van der Waals surface area contributed by atoms with Crippen molar-refractivity contribution in [1.82, 2.24) is 4.90 Å². The van der Waals surface area contributed by atoms with Crippen molar-refractivity contribution in [2.45, 2.75) is 59.6 Å². The van der Waals surface area contributed by atoms with Gasteiger partial charge in [-0.15, -0.1) is 0 Å². The van der Waals surface area contributed by atoms with Gasteiger partial charge in [0.15, 0.2) is 0 Å². The standard InChI is InChI=1S/C13H25NO4/c1-8-17-10(15)9-14(12(2,3)4)11(16)18-13(5,6)7/h8-9H2,1-7H3. The zero-order valence-electron chi connectivity index (χ0n) is 12.5. The van der Waals surface area contributed by atoms with Crippen molar-refractivity contribution >= 4 is 12.1 Å². The lowest BCUT2D eigenvalue weighted by atomic mass is 10.1. The summed E-state index contributed by atoms with van der Waals surface area (Å²) in [5, 5.41) is 0. The van der Waals surface area contributed by atoms with Crippen molar-refractivity contribution in [1.29, 1.82) is 0 Å². The Kier molecular flexibility index (Phi) is 5.64. The highest BCUT2D eigenvalue weighted by Gasteiger charge is 2.32. The Bertz CT molecular complexity index is 299. The number of hydrogen-bond donors (Lipinski definition) is 0. The van der Waals surface area contributed by atoms with Gasteiger partial charge >= 0.3 is 12.1 Å². The number of ether oxygens (including phenoxy) is 2. The molecule has 0 aromatic heterocycles. The molecule has 0 saturated heterocycles. The van der Waals surface area contributed by atoms with E-state index in [9.17, 15) is 9.59 Å². The Balaban J connectivity index is 4.80. The SMILES string of the molecule is CCOC(=O)CN(C(=O)OC(C)(C)C)C(C)(C)C. The maximum absolute atomic E-state index is 12.0. The van der Waals surface area contributed by atoms with E-state index in [1.807, 2.05) is 20.8 Å². The fourth-order valence-electron chi connectivity index (χ4n) is 1.23. The average Bonchev–Trinajstić information content (AvgIpc) is 2.09. The van der Waals surface area contributed by atoms with Crippen molar-refractivity contribution in [3.63, 3.8) is 0 Å². The summed E-state index contributed by atoms with van der Waals surface area (Å²) in [7, 11) is 0. The summed E-state index contributed by atoms with van der Waals surface area (Å²) in [6, 6.07) is 0. The van der Waals surface area contributed by atoms with Gasteiger partial charge in [-0.2, -0.15) is 0 Å². The van der Waals surface area contributed by atoms with Gasteiger partial charge in [-0.25, -0.2) is 4.79 Å². The van der Waals surface area contributed by atoms with E-state index in [0.717, 1.165) is 0 Å². The minimum atomic E-state index is -0.588. The van der Waals surface area contributed by atoms with Crippen LogP contribution in [0.25, 0.3) is 0 Å². The zero-order chi connectivity index (χ0) is 14.6. The molecule has 0 aliphatic carbocycles. The predicted molar refractivity (Wildman–Crippen MR) is 69.3 cm³/mol. The maximum Gasteiger partial charge on any atom is 0.411 e. The first-order chi connectivity index (χ1) is 7.97. The lowest BCUT2D eigenvalue weighted by Gasteiger charge is -2.36. The zero-order valence-corrected chi connectivity index (χ0v) is 12.5. The monoisotopic (exact) mass is 259 g/mol. The molecule has 0 heterocycles. The molecule has 0 unspecified atom stereocenters. The first kappa shape index (κ1) is 16.7. The van der Waals surface area contributed by atoms with E-state index in [1.54, 1.807) is 27.7 Å². The summed E-state index contributed by atoms with van der Waals surface area (Å²) in [4.78, 5) is 24.9. The van der Waals surface area contributed by atoms with Crippen LogP contribution in [0.3, 0.4) is 0 Å². The van der Waals surface area contributed by atoms with E-state index < -0.39 is 23.2 Å². The minimum Gasteiger partial charge on any atom is -0.465 e. The second kappa shape index (κ2) is 6.07. The van der Waals surface area contributed by atoms with Gasteiger partial charge in [0, 0.05) is 5.54 Å². The van der Waals surface area contributed by atoms with Crippen molar-refractivity contribution in [2.24, 2.45) is 0 Å². The van der Waals surface area contributed by atoms with Crippen LogP contribution in [0.5, 0.6) is 0 Å². The van der Waals surface area contributed by atoms with Crippen LogP contribution < -0.4 is 0 Å². The summed E-state index contributed by atoms with van der Waals surface area (Å²) in [6.07, 6.45) is -0.511. The minimum absolute atomic E-state index is 0.105. The highest BCUT2D eigenvalue weighted by Crippen LogP contribution is 2.18. The summed E-state index contributed by atoms with van der Waals surface area (Å²) >= 11 is 0. The topological polar surface area (TPSA) is 55.8 Å². The van der Waals surface area contributed by atoms with Crippen LogP contribution in [0.1, 0.15) is 48.5 Å². The number of rotatable bonds is 3. The van der Waals surface area contributed by atoms with Gasteiger partial charge in [0.1, 0.15) is 12.1 Å². The van der Waals surface area contributed by atoms with Crippen LogP contribution in [0.15, 0.2) is 0 Å². The van der Waals surface area contributed by atoms with E-state index in [1.165, 1.54) is 4.90 Å². The summed E-state index contributed by atoms with van der Waals surface area (Å²) in [6.45, 7) is 12.8. The molecule has 0 spiro atoms. The molecule has 0 aromatic carbocycles. The van der Waals surface area contributed by atoms with Gasteiger partial charge in [-0.3, -0.25) is 9.69 Å². The molecule has 18 heavy (non-hydrogen) atoms. The van der Waals surface area contributed by atoms with E-state index in [0.29, 0.717) is 6.61 Å². The van der Waals surface area contributed by atoms with Crippen LogP contribution in [0.4, 0.5) is 4.79 Å². The molecule has 0 fully saturated rings. The van der Waals surface area contributed by atoms with Crippen molar-refractivity contribution in [3.8, 4) is 0 Å². The third-order valence-corrected chi connectivity index (χ3v) is 2.02. The second-order valence-corrected chi connectivity index (χ2v) is 6.04. The van der Waals surface area contributed by atoms with Crippen LogP contribution in [0.2, 0.25) is 0 Å². The average molecular weight is 259 g/mol. The molecule has 0 saturated carbocycles. The van der Waals surface area contributed by atoms with Crippen molar-refractivity contribution in [2.75, 3.05) is 13.2 Å². The predicted octanol–water partition coefficient (Wildman–Crippen LogP) is 2.59. The molecule has 0 rings (SSSR count). The van der Waals surface area contributed by atoms with Gasteiger partial charge in [-0.1, -0.05) is 0 Å². The van der Waals surface area contributed by atoms with Gasteiger partial charge in [0.05, 0.1) is 6.61 Å². The molecule has 0 aromatic rings. The normalized spacial score (nSPS) is 11.9. The molecular formula is C13H25NO4. The number of esters is 1. The highest BCUT2D eigenvalue weighted by molar-refractivity contribution is 5.78. The van der Waals surface area contributed by atoms with Crippen LogP contribution in [-0.2, 0) is 14.3 Å². The van der Waals surface area contributed by atoms with E-state index >= 15 is 0 Å². The molecule has 1 amide bonds. The number of amides is 1. The number of carbonyl (C=O) groups is 2. The fourth-order valence-corrected chi connectivity index (χ4v) is 1.23. The highest BCUT2D eigenvalue weighted by atomic mass is 16.6. The molecule has 5 heteroatoms. The van der Waals surface area contributed by atoms with E-state index in [4.69, 9.17) is 9.47 Å². The first-order valence-electron chi connectivity index (χ1n) is 6.13. The van der Waals surface area contributed by atoms with Crippen molar-refractivity contribution in [3.05, 3.63) is 0 Å². The summed E-state index contributed by atoms with van der Waals surface area (Å²) in [5.41, 5.74) is -1.09. The summed E-state index contributed by atoms with van der Waals surface area (Å²) in [5.74, 6) is -0.432. The number of carbonyl (C=O) groups excluding carboxylic acids is 2. The van der Waals surface area contributed by atoms with Gasteiger partial charge in [-0.05, 0) is 48.5 Å². The molecule has 0 atom stereocenters. The molecule has 5 nitrogen and oxygen atoms in total. The Hall–Kier alpha value is -1.26.